The Morgan fingerprint density at radius 3 is 2.76 bits per heavy atom. The van der Waals surface area contributed by atoms with Gasteiger partial charge in [-0.05, 0) is 72.8 Å². The van der Waals surface area contributed by atoms with E-state index in [1.807, 2.05) is 6.92 Å². The van der Waals surface area contributed by atoms with Crippen molar-refractivity contribution in [1.82, 2.24) is 4.90 Å². The summed E-state index contributed by atoms with van der Waals surface area (Å²) in [7, 11) is 0. The summed E-state index contributed by atoms with van der Waals surface area (Å²) < 4.78 is 11.6. The van der Waals surface area contributed by atoms with Crippen molar-refractivity contribution in [2.45, 2.75) is 13.5 Å². The van der Waals surface area contributed by atoms with E-state index in [4.69, 9.17) is 9.15 Å². The Kier molecular flexibility index (Phi) is 7.39. The first-order chi connectivity index (χ1) is 16.4. The van der Waals surface area contributed by atoms with Crippen molar-refractivity contribution in [2.75, 3.05) is 6.61 Å². The Labute approximate surface area is 208 Å². The fourth-order valence-electron chi connectivity index (χ4n) is 3.09. The van der Waals surface area contributed by atoms with Crippen LogP contribution in [0.2, 0.25) is 0 Å². The third-order valence-corrected chi connectivity index (χ3v) is 6.18. The molecule has 0 radical (unpaired) electrons. The van der Waals surface area contributed by atoms with Gasteiger partial charge in [0.15, 0.2) is 16.7 Å². The Balaban J connectivity index is 1.64. The summed E-state index contributed by atoms with van der Waals surface area (Å²) in [5.74, 6) is 0.771. The number of amidine groups is 1. The zero-order valence-electron chi connectivity index (χ0n) is 18.0. The summed E-state index contributed by atoms with van der Waals surface area (Å²) in [5.41, 5.74) is 1.17. The predicted molar refractivity (Wildman–Crippen MR) is 135 cm³/mol. The minimum atomic E-state index is -0.258. The Morgan fingerprint density at radius 2 is 2.00 bits per heavy atom. The summed E-state index contributed by atoms with van der Waals surface area (Å²) in [4.78, 5) is 15.1. The molecule has 2 aromatic carbocycles. The Bertz CT molecular complexity index is 1290. The van der Waals surface area contributed by atoms with Gasteiger partial charge in [-0.25, -0.2) is 0 Å². The van der Waals surface area contributed by atoms with Crippen molar-refractivity contribution in [2.24, 2.45) is 10.2 Å². The van der Waals surface area contributed by atoms with E-state index in [0.717, 1.165) is 4.47 Å². The van der Waals surface area contributed by atoms with Gasteiger partial charge in [-0.2, -0.15) is 5.10 Å². The Morgan fingerprint density at radius 1 is 1.18 bits per heavy atom. The van der Waals surface area contributed by atoms with Crippen LogP contribution in [0.1, 0.15) is 23.8 Å². The molecule has 0 atom stereocenters. The molecule has 3 aromatic rings. The van der Waals surface area contributed by atoms with E-state index >= 15 is 0 Å². The molecule has 34 heavy (non-hydrogen) atoms. The van der Waals surface area contributed by atoms with E-state index in [1.54, 1.807) is 48.5 Å². The van der Waals surface area contributed by atoms with Gasteiger partial charge < -0.3 is 19.4 Å². The zero-order chi connectivity index (χ0) is 24.1. The second-order valence-electron chi connectivity index (χ2n) is 7.07. The van der Waals surface area contributed by atoms with E-state index < -0.39 is 0 Å². The number of hydrogen-bond donors (Lipinski definition) is 2. The maximum absolute atomic E-state index is 13.2. The quantitative estimate of drug-likeness (QED) is 0.237. The molecule has 1 amide bonds. The lowest BCUT2D eigenvalue weighted by molar-refractivity contribution is -0.122. The van der Waals surface area contributed by atoms with Crippen LogP contribution < -0.4 is 4.74 Å². The number of carbonyl (C=O) groups is 1. The first-order valence-electron chi connectivity index (χ1n) is 10.2. The van der Waals surface area contributed by atoms with Gasteiger partial charge in [0, 0.05) is 10.0 Å². The average Bonchev–Trinajstić information content (AvgIpc) is 3.43. The highest BCUT2D eigenvalue weighted by Crippen LogP contribution is 2.35. The van der Waals surface area contributed by atoms with Crippen LogP contribution in [0, 0.1) is 0 Å². The molecule has 0 bridgehead atoms. The number of ether oxygens (including phenoxy) is 1. The molecule has 174 valence electrons. The predicted octanol–water partition coefficient (Wildman–Crippen LogP) is 5.36. The molecule has 4 rings (SSSR count). The minimum absolute atomic E-state index is 0.0289. The van der Waals surface area contributed by atoms with Gasteiger partial charge in [0.2, 0.25) is 0 Å². The van der Waals surface area contributed by atoms with Gasteiger partial charge in [-0.3, -0.25) is 9.69 Å². The second-order valence-corrected chi connectivity index (χ2v) is 9.00. The van der Waals surface area contributed by atoms with Gasteiger partial charge in [-0.1, -0.05) is 22.0 Å². The van der Waals surface area contributed by atoms with Gasteiger partial charge in [0.05, 0.1) is 30.5 Å². The number of phenols is 2. The second kappa shape index (κ2) is 10.6. The number of furan rings is 1. The molecule has 1 aromatic heterocycles. The van der Waals surface area contributed by atoms with E-state index in [0.29, 0.717) is 39.3 Å². The van der Waals surface area contributed by atoms with E-state index in [1.165, 1.54) is 35.2 Å². The molecule has 0 aliphatic carbocycles. The van der Waals surface area contributed by atoms with Crippen molar-refractivity contribution in [3.63, 3.8) is 0 Å². The highest BCUT2D eigenvalue weighted by atomic mass is 79.9. The first kappa shape index (κ1) is 23.7. The number of hydrogen-bond acceptors (Lipinski definition) is 8. The van der Waals surface area contributed by atoms with E-state index in [2.05, 4.69) is 26.1 Å². The molecule has 0 spiro atoms. The molecule has 0 unspecified atom stereocenters. The van der Waals surface area contributed by atoms with Crippen LogP contribution in [-0.4, -0.2) is 39.0 Å². The fraction of sp³-hybridized carbons (Fsp3) is 0.125. The third kappa shape index (κ3) is 5.52. The molecule has 1 saturated heterocycles. The molecule has 2 N–H and O–H groups in total. The number of thioether (sulfide) groups is 1. The lowest BCUT2D eigenvalue weighted by Gasteiger charge is -2.12. The van der Waals surface area contributed by atoms with Crippen molar-refractivity contribution in [3.05, 3.63) is 81.1 Å². The maximum Gasteiger partial charge on any atom is 0.267 e. The number of rotatable bonds is 7. The smallest absolute Gasteiger partial charge is 0.267 e. The van der Waals surface area contributed by atoms with Gasteiger partial charge >= 0.3 is 0 Å². The van der Waals surface area contributed by atoms with Crippen molar-refractivity contribution >= 4 is 51.1 Å². The lowest BCUT2D eigenvalue weighted by Crippen LogP contribution is -2.28. The molecule has 1 fully saturated rings. The van der Waals surface area contributed by atoms with Crippen LogP contribution in [0.15, 0.2) is 78.8 Å². The molecule has 1 aliphatic rings. The van der Waals surface area contributed by atoms with Crippen molar-refractivity contribution in [1.29, 1.82) is 0 Å². The highest BCUT2D eigenvalue weighted by molar-refractivity contribution is 9.10. The maximum atomic E-state index is 13.2. The van der Waals surface area contributed by atoms with Crippen LogP contribution in [-0.2, 0) is 11.3 Å². The minimum Gasteiger partial charge on any atom is -0.507 e. The van der Waals surface area contributed by atoms with Gasteiger partial charge in [0.1, 0.15) is 11.5 Å². The first-order valence-corrected chi connectivity index (χ1v) is 11.8. The van der Waals surface area contributed by atoms with E-state index in [9.17, 15) is 15.0 Å². The number of phenolic OH excluding ortho intramolecular Hbond substituents is 2. The molecule has 1 aliphatic heterocycles. The van der Waals surface area contributed by atoms with Crippen LogP contribution in [0.3, 0.4) is 0 Å². The number of carbonyl (C=O) groups excluding carboxylic acids is 1. The monoisotopic (exact) mass is 541 g/mol. The largest absolute Gasteiger partial charge is 0.507 e. The summed E-state index contributed by atoms with van der Waals surface area (Å²) in [5, 5.41) is 28.6. The standard InChI is InChI=1S/C24H20BrN3O5S/c1-2-32-21-10-15(5-7-20(21)30)11-22-23(31)28(14-18-4-3-9-33-18)24(34-22)27-26-13-16-12-17(25)6-8-19(16)29/h3-13,29-30H,2,14H2,1H3/b22-11-,26-13+,27-24-. The summed E-state index contributed by atoms with van der Waals surface area (Å²) in [6.07, 6.45) is 4.66. The topological polar surface area (TPSA) is 108 Å². The number of aromatic hydroxyl groups is 2. The number of amides is 1. The molecule has 2 heterocycles. The molecule has 8 nitrogen and oxygen atoms in total. The molecular formula is C24H20BrN3O5S. The number of benzene rings is 2. The number of nitrogens with zero attached hydrogens (tertiary/aromatic N) is 3. The molecule has 10 heteroatoms. The van der Waals surface area contributed by atoms with Crippen molar-refractivity contribution < 1.29 is 24.2 Å². The summed E-state index contributed by atoms with van der Waals surface area (Å²) in [6, 6.07) is 13.4. The van der Waals surface area contributed by atoms with Crippen molar-refractivity contribution in [3.8, 4) is 17.2 Å². The zero-order valence-corrected chi connectivity index (χ0v) is 20.4. The molecular weight excluding hydrogens is 522 g/mol. The summed E-state index contributed by atoms with van der Waals surface area (Å²) in [6.45, 7) is 2.41. The van der Waals surface area contributed by atoms with Crippen LogP contribution in [0.25, 0.3) is 6.08 Å². The lowest BCUT2D eigenvalue weighted by atomic mass is 10.2. The highest BCUT2D eigenvalue weighted by Gasteiger charge is 2.34. The number of halogens is 1. The SMILES string of the molecule is CCOc1cc(/C=C2\S/C(=N\N=C\c3cc(Br)ccc3O)N(Cc3ccco3)C2=O)ccc1O. The van der Waals surface area contributed by atoms with Crippen LogP contribution >= 0.6 is 27.7 Å². The van der Waals surface area contributed by atoms with Gasteiger partial charge in [0.25, 0.3) is 5.91 Å². The summed E-state index contributed by atoms with van der Waals surface area (Å²) >= 11 is 4.52. The Hall–Kier alpha value is -3.50. The average molecular weight is 542 g/mol. The van der Waals surface area contributed by atoms with E-state index in [-0.39, 0.29) is 24.0 Å². The van der Waals surface area contributed by atoms with Crippen LogP contribution in [0.4, 0.5) is 0 Å². The van der Waals surface area contributed by atoms with Crippen LogP contribution in [0.5, 0.6) is 17.2 Å². The normalized spacial score (nSPS) is 16.3. The molecule has 0 saturated carbocycles. The third-order valence-electron chi connectivity index (χ3n) is 4.69. The fourth-order valence-corrected chi connectivity index (χ4v) is 4.41. The van der Waals surface area contributed by atoms with Gasteiger partial charge in [-0.15, -0.1) is 5.10 Å².